The third-order valence-corrected chi connectivity index (χ3v) is 3.07. The smallest absolute Gasteiger partial charge is 0.131 e. The molecule has 1 aliphatic carbocycles. The van der Waals surface area contributed by atoms with E-state index in [-0.39, 0.29) is 7.14 Å². The Kier molecular flexibility index (Phi) is 8.24. The maximum atomic E-state index is 12.4. The van der Waals surface area contributed by atoms with Gasteiger partial charge in [0.15, 0.2) is 0 Å². The van der Waals surface area contributed by atoms with Gasteiger partial charge in [-0.15, -0.1) is 0 Å². The van der Waals surface area contributed by atoms with Crippen LogP contribution in [0.4, 0.5) is 4.39 Å². The molecule has 0 saturated carbocycles. The highest BCUT2D eigenvalue weighted by molar-refractivity contribution is 5.99. The van der Waals surface area contributed by atoms with Gasteiger partial charge in [-0.05, 0) is 42.0 Å². The highest BCUT2D eigenvalue weighted by Gasteiger charge is 2.05. The fraction of sp³-hybridized carbons (Fsp3) is 0.353. The van der Waals surface area contributed by atoms with Gasteiger partial charge in [0.1, 0.15) is 6.67 Å². The first kappa shape index (κ1) is 17.3. The molecule has 0 aliphatic heterocycles. The number of alkyl halides is 1. The number of hydrogen-bond donors (Lipinski definition) is 3. The van der Waals surface area contributed by atoms with Crippen molar-refractivity contribution in [3.63, 3.8) is 0 Å². The van der Waals surface area contributed by atoms with Gasteiger partial charge in [0, 0.05) is 7.97 Å². The molecular weight excluding hydrogens is 265 g/mol. The van der Waals surface area contributed by atoms with Gasteiger partial charge in [0.25, 0.3) is 0 Å². The molecule has 116 valence electrons. The minimum absolute atomic E-state index is 0. The Hall–Kier alpha value is -1.78. The van der Waals surface area contributed by atoms with Gasteiger partial charge in [-0.1, -0.05) is 43.4 Å². The largest absolute Gasteiger partial charge is 0.302 e. The van der Waals surface area contributed by atoms with E-state index >= 15 is 0 Å². The molecule has 0 atom stereocenters. The average molecular weight is 291 g/mol. The van der Waals surface area contributed by atoms with Gasteiger partial charge >= 0.3 is 0 Å². The summed E-state index contributed by atoms with van der Waals surface area (Å²) in [5.41, 5.74) is 5.46. The molecule has 4 heteroatoms. The fourth-order valence-corrected chi connectivity index (χ4v) is 1.94. The first-order valence-electron chi connectivity index (χ1n) is 7.27. The predicted octanol–water partition coefficient (Wildman–Crippen LogP) is 3.86. The quantitative estimate of drug-likeness (QED) is 0.438. The highest BCUT2D eigenvalue weighted by atomic mass is 19.1. The summed E-state index contributed by atoms with van der Waals surface area (Å²) in [6.45, 7) is 2.28. The van der Waals surface area contributed by atoms with Crippen molar-refractivity contribution in [2.24, 2.45) is 5.84 Å². The average Bonchev–Trinajstić information content (AvgIpc) is 2.56. The molecule has 21 heavy (non-hydrogen) atoms. The fourth-order valence-electron chi connectivity index (χ4n) is 1.94. The molecule has 0 aromatic heterocycles. The van der Waals surface area contributed by atoms with Gasteiger partial charge in [-0.3, -0.25) is 11.3 Å². The normalized spacial score (nSPS) is 13.2. The third-order valence-electron chi connectivity index (χ3n) is 3.07. The maximum absolute atomic E-state index is 12.4. The molecule has 0 heterocycles. The Morgan fingerprint density at radius 2 is 2.24 bits per heavy atom. The first-order valence-corrected chi connectivity index (χ1v) is 7.27. The zero-order valence-corrected chi connectivity index (χ0v) is 12.5. The van der Waals surface area contributed by atoms with E-state index in [2.05, 4.69) is 30.6 Å². The molecule has 0 fully saturated rings. The summed E-state index contributed by atoms with van der Waals surface area (Å²) >= 11 is 0. The van der Waals surface area contributed by atoms with Crippen LogP contribution in [0.25, 0.3) is 5.57 Å². The van der Waals surface area contributed by atoms with E-state index in [1.54, 1.807) is 6.07 Å². The van der Waals surface area contributed by atoms with E-state index in [9.17, 15) is 4.39 Å². The van der Waals surface area contributed by atoms with Crippen LogP contribution in [0, 0.1) is 5.41 Å². The molecule has 2 rings (SSSR count). The minimum atomic E-state index is -0.710. The van der Waals surface area contributed by atoms with Crippen LogP contribution in [0.5, 0.6) is 0 Å². The Bertz CT molecular complexity index is 510. The van der Waals surface area contributed by atoms with E-state index in [4.69, 9.17) is 11.3 Å². The lowest BCUT2D eigenvalue weighted by Gasteiger charge is -2.08. The van der Waals surface area contributed by atoms with E-state index in [0.717, 1.165) is 31.4 Å². The molecule has 0 radical (unpaired) electrons. The molecule has 1 aromatic carbocycles. The number of halogens is 1. The van der Waals surface area contributed by atoms with E-state index < -0.39 is 6.67 Å². The molecule has 0 amide bonds. The van der Waals surface area contributed by atoms with Crippen molar-refractivity contribution in [3.8, 4) is 0 Å². The number of rotatable bonds is 5. The van der Waals surface area contributed by atoms with Crippen molar-refractivity contribution >= 4 is 11.3 Å². The molecule has 1 aromatic rings. The van der Waals surface area contributed by atoms with Crippen LogP contribution in [0.1, 0.15) is 38.7 Å². The predicted molar refractivity (Wildman–Crippen MR) is 90.2 cm³/mol. The summed E-state index contributed by atoms with van der Waals surface area (Å²) < 4.78 is 12.4. The SMILES string of the molecule is CCCNN.N=C(CF)c1cccc(C2=CCCC=C2)c1.[HH]. The zero-order chi connectivity index (χ0) is 15.5. The Labute approximate surface area is 127 Å². The molecule has 0 bridgehead atoms. The number of hydrazine groups is 1. The van der Waals surface area contributed by atoms with Gasteiger partial charge < -0.3 is 5.41 Å². The van der Waals surface area contributed by atoms with Crippen molar-refractivity contribution in [3.05, 3.63) is 53.6 Å². The second kappa shape index (κ2) is 10.0. The van der Waals surface area contributed by atoms with Crippen molar-refractivity contribution in [2.45, 2.75) is 26.2 Å². The Morgan fingerprint density at radius 1 is 1.43 bits per heavy atom. The van der Waals surface area contributed by atoms with Crippen molar-refractivity contribution in [1.29, 1.82) is 5.41 Å². The highest BCUT2D eigenvalue weighted by Crippen LogP contribution is 2.22. The van der Waals surface area contributed by atoms with Crippen LogP contribution in [-0.4, -0.2) is 18.9 Å². The summed E-state index contributed by atoms with van der Waals surface area (Å²) in [5, 5.41) is 7.48. The summed E-state index contributed by atoms with van der Waals surface area (Å²) in [4.78, 5) is 0. The summed E-state index contributed by atoms with van der Waals surface area (Å²) in [6, 6.07) is 7.52. The monoisotopic (exact) mass is 291 g/mol. The second-order valence-electron chi connectivity index (χ2n) is 4.79. The summed E-state index contributed by atoms with van der Waals surface area (Å²) in [5.74, 6) is 4.89. The molecule has 0 unspecified atom stereocenters. The summed E-state index contributed by atoms with van der Waals surface area (Å²) in [6.07, 6.45) is 9.65. The lowest BCUT2D eigenvalue weighted by Crippen LogP contribution is -2.21. The topological polar surface area (TPSA) is 61.9 Å². The van der Waals surface area contributed by atoms with Crippen LogP contribution in [0.2, 0.25) is 0 Å². The van der Waals surface area contributed by atoms with Gasteiger partial charge in [-0.2, -0.15) is 0 Å². The van der Waals surface area contributed by atoms with Crippen LogP contribution >= 0.6 is 0 Å². The van der Waals surface area contributed by atoms with Crippen molar-refractivity contribution < 1.29 is 5.82 Å². The zero-order valence-electron chi connectivity index (χ0n) is 12.5. The lowest BCUT2D eigenvalue weighted by atomic mass is 9.97. The van der Waals surface area contributed by atoms with Crippen LogP contribution < -0.4 is 11.3 Å². The Morgan fingerprint density at radius 3 is 2.76 bits per heavy atom. The molecule has 1 aliphatic rings. The molecule has 0 spiro atoms. The van der Waals surface area contributed by atoms with Crippen molar-refractivity contribution in [2.75, 3.05) is 13.2 Å². The van der Waals surface area contributed by atoms with E-state index in [1.165, 1.54) is 5.57 Å². The third kappa shape index (κ3) is 6.02. The van der Waals surface area contributed by atoms with E-state index in [1.807, 2.05) is 18.2 Å². The molecule has 3 nitrogen and oxygen atoms in total. The first-order chi connectivity index (χ1) is 10.2. The number of hydrogen-bond acceptors (Lipinski definition) is 3. The molecular formula is C17H26FN3. The van der Waals surface area contributed by atoms with Crippen LogP contribution in [-0.2, 0) is 0 Å². The van der Waals surface area contributed by atoms with Gasteiger partial charge in [0.2, 0.25) is 0 Å². The molecule has 4 N–H and O–H groups in total. The number of nitrogens with two attached hydrogens (primary N) is 1. The van der Waals surface area contributed by atoms with Crippen LogP contribution in [0.3, 0.4) is 0 Å². The maximum Gasteiger partial charge on any atom is 0.131 e. The van der Waals surface area contributed by atoms with E-state index in [0.29, 0.717) is 5.56 Å². The number of allylic oxidation sites excluding steroid dienone is 4. The lowest BCUT2D eigenvalue weighted by molar-refractivity contribution is 0.580. The second-order valence-corrected chi connectivity index (χ2v) is 4.79. The molecule has 0 saturated heterocycles. The number of nitrogens with one attached hydrogen (secondary N) is 2. The van der Waals surface area contributed by atoms with Crippen molar-refractivity contribution in [1.82, 2.24) is 5.43 Å². The van der Waals surface area contributed by atoms with Gasteiger partial charge in [0.05, 0.1) is 5.71 Å². The number of benzene rings is 1. The Balaban J connectivity index is 0.000000644. The standard InChI is InChI=1S/C14H14FN.C3H10N2.H2/c15-10-14(16)13-8-4-7-12(9-13)11-5-2-1-3-6-11;1-2-3-5-4;/h2,4-9,16H,1,3,10H2;5H,2-4H2,1H3;1H. The summed E-state index contributed by atoms with van der Waals surface area (Å²) in [7, 11) is 0. The minimum Gasteiger partial charge on any atom is -0.302 e. The van der Waals surface area contributed by atoms with Crippen LogP contribution in [0.15, 0.2) is 42.5 Å². The van der Waals surface area contributed by atoms with Gasteiger partial charge in [-0.25, -0.2) is 4.39 Å².